The lowest BCUT2D eigenvalue weighted by atomic mass is 10.1. The zero-order chi connectivity index (χ0) is 38.3. The van der Waals surface area contributed by atoms with Gasteiger partial charge in [0.15, 0.2) is 9.84 Å². The van der Waals surface area contributed by atoms with E-state index in [1.807, 2.05) is 0 Å². The highest BCUT2D eigenvalue weighted by atomic mass is 32.2. The minimum atomic E-state index is -3.96. The van der Waals surface area contributed by atoms with E-state index in [-0.39, 0.29) is 37.4 Å². The summed E-state index contributed by atoms with van der Waals surface area (Å²) in [7, 11) is -6.35. The minimum absolute atomic E-state index is 0.0896. The van der Waals surface area contributed by atoms with E-state index in [9.17, 15) is 36.0 Å². The molecule has 0 radical (unpaired) electrons. The van der Waals surface area contributed by atoms with E-state index in [0.29, 0.717) is 30.4 Å². The molecule has 16 nitrogen and oxygen atoms in total. The smallest absolute Gasteiger partial charge is 0.408 e. The van der Waals surface area contributed by atoms with Gasteiger partial charge in [0.25, 0.3) is 5.91 Å². The molecule has 2 aliphatic carbocycles. The van der Waals surface area contributed by atoms with Crippen molar-refractivity contribution in [1.82, 2.24) is 25.2 Å². The number of aromatic nitrogens is 1. The molecule has 1 saturated heterocycles. The van der Waals surface area contributed by atoms with Crippen molar-refractivity contribution in [2.24, 2.45) is 5.92 Å². The number of nitrogens with zero attached hydrogens (tertiary/aromatic N) is 2. The topological polar surface area (TPSA) is 216 Å². The molecule has 4 aliphatic rings. The number of ether oxygens (including phenoxy) is 3. The van der Waals surface area contributed by atoms with Gasteiger partial charge < -0.3 is 29.7 Å². The van der Waals surface area contributed by atoms with Crippen LogP contribution >= 0.6 is 0 Å². The van der Waals surface area contributed by atoms with E-state index < -0.39 is 89.9 Å². The summed E-state index contributed by atoms with van der Waals surface area (Å²) in [5, 5.41) is 5.87. The van der Waals surface area contributed by atoms with Gasteiger partial charge in [0, 0.05) is 23.9 Å². The fraction of sp³-hybridized carbons (Fsp3) is 0.571. The van der Waals surface area contributed by atoms with Crippen LogP contribution in [0.25, 0.3) is 10.8 Å². The molecule has 18 heteroatoms. The molecule has 0 unspecified atom stereocenters. The van der Waals surface area contributed by atoms with Gasteiger partial charge in [-0.05, 0) is 82.5 Å². The molecule has 3 N–H and O–H groups in total. The first-order chi connectivity index (χ1) is 24.9. The van der Waals surface area contributed by atoms with Crippen LogP contribution in [0.2, 0.25) is 0 Å². The Bertz CT molecular complexity index is 2050. The Morgan fingerprint density at radius 3 is 2.58 bits per heavy atom. The Kier molecular flexibility index (Phi) is 10.4. The van der Waals surface area contributed by atoms with Crippen molar-refractivity contribution in [1.29, 1.82) is 0 Å². The highest BCUT2D eigenvalue weighted by Crippen LogP contribution is 2.46. The first kappa shape index (κ1) is 38.3. The summed E-state index contributed by atoms with van der Waals surface area (Å²) < 4.78 is 71.4. The minimum Gasteiger partial charge on any atom is -0.497 e. The molecule has 6 rings (SSSR count). The van der Waals surface area contributed by atoms with Gasteiger partial charge in [-0.25, -0.2) is 26.6 Å². The molecule has 288 valence electrons. The quantitative estimate of drug-likeness (QED) is 0.343. The average Bonchev–Trinajstić information content (AvgIpc) is 3.99. The third-order valence-electron chi connectivity index (χ3n) is 9.63. The van der Waals surface area contributed by atoms with E-state index in [4.69, 9.17) is 14.2 Å². The second-order valence-electron chi connectivity index (χ2n) is 15.0. The van der Waals surface area contributed by atoms with Gasteiger partial charge in [-0.3, -0.25) is 19.1 Å². The second kappa shape index (κ2) is 14.4. The molecule has 3 fully saturated rings. The van der Waals surface area contributed by atoms with Gasteiger partial charge in [-0.1, -0.05) is 12.2 Å². The number of hydrogen-bond donors (Lipinski definition) is 3. The second-order valence-corrected chi connectivity index (χ2v) is 19.2. The maximum absolute atomic E-state index is 14.4. The Hall–Kier alpha value is -4.45. The number of allylic oxidation sites excluding steroid dienone is 1. The summed E-state index contributed by atoms with van der Waals surface area (Å²) in [5.74, 6) is -3.37. The van der Waals surface area contributed by atoms with E-state index in [1.165, 1.54) is 13.3 Å². The maximum Gasteiger partial charge on any atom is 0.408 e. The Morgan fingerprint density at radius 1 is 1.13 bits per heavy atom. The van der Waals surface area contributed by atoms with Crippen molar-refractivity contribution in [3.8, 4) is 11.6 Å². The van der Waals surface area contributed by atoms with Crippen LogP contribution in [-0.4, -0.2) is 110 Å². The van der Waals surface area contributed by atoms with Crippen LogP contribution in [0.5, 0.6) is 11.6 Å². The Morgan fingerprint density at radius 2 is 1.89 bits per heavy atom. The van der Waals surface area contributed by atoms with E-state index >= 15 is 0 Å². The van der Waals surface area contributed by atoms with Crippen LogP contribution in [0.4, 0.5) is 4.79 Å². The van der Waals surface area contributed by atoms with Gasteiger partial charge >= 0.3 is 6.09 Å². The van der Waals surface area contributed by atoms with Crippen molar-refractivity contribution in [3.05, 3.63) is 42.6 Å². The Labute approximate surface area is 308 Å². The van der Waals surface area contributed by atoms with Crippen molar-refractivity contribution < 1.29 is 50.2 Å². The fourth-order valence-corrected chi connectivity index (χ4v) is 9.56. The number of rotatable bonds is 7. The summed E-state index contributed by atoms with van der Waals surface area (Å²) in [6, 6.07) is 4.10. The summed E-state index contributed by atoms with van der Waals surface area (Å²) in [6.07, 6.45) is 4.33. The molecular weight excluding hydrogens is 731 g/mol. The first-order valence-electron chi connectivity index (χ1n) is 17.5. The number of carbonyl (C=O) groups excluding carboxylic acids is 4. The fourth-order valence-electron chi connectivity index (χ4n) is 6.69. The van der Waals surface area contributed by atoms with E-state index in [1.54, 1.807) is 57.2 Å². The molecule has 3 heterocycles. The van der Waals surface area contributed by atoms with Gasteiger partial charge in [0.2, 0.25) is 27.7 Å². The van der Waals surface area contributed by atoms with Crippen molar-refractivity contribution >= 4 is 54.4 Å². The molecule has 2 aromatic rings. The number of sulfonamides is 1. The lowest BCUT2D eigenvalue weighted by Crippen LogP contribution is -2.59. The van der Waals surface area contributed by atoms with Crippen LogP contribution in [0.3, 0.4) is 0 Å². The molecule has 53 heavy (non-hydrogen) atoms. The molecule has 1 aromatic heterocycles. The lowest BCUT2D eigenvalue weighted by Gasteiger charge is -2.30. The number of carbonyl (C=O) groups is 4. The van der Waals surface area contributed by atoms with E-state index in [0.717, 1.165) is 10.3 Å². The molecule has 2 aliphatic heterocycles. The predicted octanol–water partition coefficient (Wildman–Crippen LogP) is 1.73. The maximum atomic E-state index is 14.4. The normalized spacial score (nSPS) is 28.3. The molecule has 2 saturated carbocycles. The van der Waals surface area contributed by atoms with Crippen molar-refractivity contribution in [3.63, 3.8) is 0 Å². The SMILES string of the molecule is COc1ccc2c(O[C@@H]3C[C@H]4C(=O)N[C@]5(C(=O)NS(=O)(=O)C6CC6)C[C@@H]5/C=C\CCCS(=O)(=O)C[C@H](NC(=O)OC(C)(C)C)C(=O)N4C3)nccc2c1. The van der Waals surface area contributed by atoms with Crippen LogP contribution in [0, 0.1) is 5.92 Å². The monoisotopic (exact) mass is 775 g/mol. The van der Waals surface area contributed by atoms with Crippen LogP contribution in [-0.2, 0) is 39.0 Å². The summed E-state index contributed by atoms with van der Waals surface area (Å²) >= 11 is 0. The number of benzene rings is 1. The number of amides is 4. The average molecular weight is 776 g/mol. The highest BCUT2D eigenvalue weighted by Gasteiger charge is 2.62. The number of alkyl carbamates (subject to hydrolysis) is 1. The highest BCUT2D eigenvalue weighted by molar-refractivity contribution is 7.91. The predicted molar refractivity (Wildman–Crippen MR) is 192 cm³/mol. The number of hydrogen-bond acceptors (Lipinski definition) is 12. The number of sulfone groups is 1. The number of nitrogens with one attached hydrogen (secondary N) is 3. The zero-order valence-electron chi connectivity index (χ0n) is 30.0. The molecule has 0 bridgehead atoms. The van der Waals surface area contributed by atoms with Crippen LogP contribution in [0.1, 0.15) is 59.3 Å². The zero-order valence-corrected chi connectivity index (χ0v) is 31.6. The largest absolute Gasteiger partial charge is 0.497 e. The van der Waals surface area contributed by atoms with Crippen LogP contribution < -0.4 is 24.8 Å². The summed E-state index contributed by atoms with van der Waals surface area (Å²) in [5.41, 5.74) is -2.59. The van der Waals surface area contributed by atoms with Gasteiger partial charge in [0.05, 0.1) is 30.4 Å². The molecular formula is C35H45N5O11S2. The first-order valence-corrected chi connectivity index (χ1v) is 20.9. The molecule has 5 atom stereocenters. The Balaban J connectivity index is 1.35. The van der Waals surface area contributed by atoms with Gasteiger partial charge in [0.1, 0.15) is 35.1 Å². The standard InChI is InChI=1S/C35H45N5O11S2/c1-34(2,3)51-33(44)37-27-20-52(45,46)15-7-5-6-8-22-18-35(22,32(43)39-53(47,48)25-10-11-25)38-29(41)28-17-24(19-40(28)31(27)42)50-30-26-12-9-23(49-4)16-21(26)13-14-36-30/h6,8-9,12-14,16,22,24-25,27-28H,5,7,10-11,15,17-20H2,1-4H3,(H,37,44)(H,38,41)(H,39,43)/b8-6-/t22-,24+,27-,28-,35+/m0/s1. The molecule has 1 aromatic carbocycles. The van der Waals surface area contributed by atoms with Gasteiger partial charge in [-0.15, -0.1) is 0 Å². The van der Waals surface area contributed by atoms with Gasteiger partial charge in [-0.2, -0.15) is 0 Å². The molecule has 4 amide bonds. The molecule has 0 spiro atoms. The summed E-state index contributed by atoms with van der Waals surface area (Å²) in [6.45, 7) is 4.63. The van der Waals surface area contributed by atoms with Crippen molar-refractivity contribution in [2.45, 2.75) is 93.9 Å². The third kappa shape index (κ3) is 8.86. The number of fused-ring (bicyclic) bond motifs is 3. The van der Waals surface area contributed by atoms with E-state index in [2.05, 4.69) is 20.3 Å². The van der Waals surface area contributed by atoms with Crippen LogP contribution in [0.15, 0.2) is 42.6 Å². The number of pyridine rings is 1. The summed E-state index contributed by atoms with van der Waals surface area (Å²) in [4.78, 5) is 60.8. The van der Waals surface area contributed by atoms with Crippen molar-refractivity contribution in [2.75, 3.05) is 25.2 Å². The lowest BCUT2D eigenvalue weighted by molar-refractivity contribution is -0.140. The third-order valence-corrected chi connectivity index (χ3v) is 13.2. The number of methoxy groups -OCH3 is 1.